The van der Waals surface area contributed by atoms with Crippen molar-refractivity contribution in [3.63, 3.8) is 0 Å². The van der Waals surface area contributed by atoms with E-state index in [2.05, 4.69) is 20.3 Å². The molecular formula is C16H15N5O4S. The standard InChI is InChI=1S/C16H15N5O4S/c1-8(22)7-26-16-17-15(18-19-16)12-4-11(5-13(6-12)21(23)24)14-9(2)20-25-10(14)3/h4-6H,7H2,1-3H3,(H,17,18,19). The smallest absolute Gasteiger partial charge is 0.270 e. The molecule has 0 atom stereocenters. The third-order valence-electron chi connectivity index (χ3n) is 3.60. The summed E-state index contributed by atoms with van der Waals surface area (Å²) in [6, 6.07) is 4.65. The van der Waals surface area contributed by atoms with E-state index in [1.54, 1.807) is 19.9 Å². The fourth-order valence-corrected chi connectivity index (χ4v) is 3.11. The van der Waals surface area contributed by atoms with Gasteiger partial charge in [0.25, 0.3) is 5.69 Å². The quantitative estimate of drug-likeness (QED) is 0.396. The second-order valence-electron chi connectivity index (χ2n) is 5.69. The van der Waals surface area contributed by atoms with Crippen molar-refractivity contribution < 1.29 is 14.2 Å². The number of non-ortho nitro benzene ring substituents is 1. The Morgan fingerprint density at radius 1 is 1.27 bits per heavy atom. The number of nitrogens with zero attached hydrogens (tertiary/aromatic N) is 4. The zero-order chi connectivity index (χ0) is 18.8. The topological polar surface area (TPSA) is 128 Å². The summed E-state index contributed by atoms with van der Waals surface area (Å²) < 4.78 is 5.16. The van der Waals surface area contributed by atoms with E-state index in [1.165, 1.54) is 30.8 Å². The Labute approximate surface area is 152 Å². The molecular weight excluding hydrogens is 358 g/mol. The van der Waals surface area contributed by atoms with Gasteiger partial charge in [-0.15, -0.1) is 10.2 Å². The number of carbonyl (C=O) groups excluding carboxylic acids is 1. The Bertz CT molecular complexity index is 975. The minimum Gasteiger partial charge on any atom is -0.361 e. The lowest BCUT2D eigenvalue weighted by molar-refractivity contribution is -0.384. The lowest BCUT2D eigenvalue weighted by Gasteiger charge is -2.04. The Morgan fingerprint density at radius 3 is 2.62 bits per heavy atom. The summed E-state index contributed by atoms with van der Waals surface area (Å²) in [7, 11) is 0. The molecule has 0 saturated heterocycles. The minimum atomic E-state index is -0.465. The molecule has 26 heavy (non-hydrogen) atoms. The number of ketones is 1. The van der Waals surface area contributed by atoms with Crippen LogP contribution in [0, 0.1) is 24.0 Å². The number of carbonyl (C=O) groups is 1. The second-order valence-corrected chi connectivity index (χ2v) is 6.66. The van der Waals surface area contributed by atoms with Crippen LogP contribution in [-0.2, 0) is 4.79 Å². The molecule has 0 aliphatic rings. The molecule has 0 amide bonds. The zero-order valence-corrected chi connectivity index (χ0v) is 15.1. The Morgan fingerprint density at radius 2 is 2.00 bits per heavy atom. The first kappa shape index (κ1) is 17.8. The van der Waals surface area contributed by atoms with Crippen LogP contribution < -0.4 is 0 Å². The average Bonchev–Trinajstić information content (AvgIpc) is 3.19. The molecule has 0 unspecified atom stereocenters. The first-order chi connectivity index (χ1) is 12.3. The highest BCUT2D eigenvalue weighted by molar-refractivity contribution is 7.99. The number of rotatable bonds is 6. The number of nitrogens with one attached hydrogen (secondary N) is 1. The second kappa shape index (κ2) is 7.08. The lowest BCUT2D eigenvalue weighted by atomic mass is 10.0. The maximum Gasteiger partial charge on any atom is 0.270 e. The molecule has 2 aromatic heterocycles. The highest BCUT2D eigenvalue weighted by atomic mass is 32.2. The van der Waals surface area contributed by atoms with Crippen LogP contribution in [0.5, 0.6) is 0 Å². The van der Waals surface area contributed by atoms with Gasteiger partial charge in [0.1, 0.15) is 11.5 Å². The van der Waals surface area contributed by atoms with Crippen LogP contribution in [0.1, 0.15) is 18.4 Å². The van der Waals surface area contributed by atoms with Gasteiger partial charge in [0.05, 0.1) is 16.4 Å². The van der Waals surface area contributed by atoms with Crippen molar-refractivity contribution in [2.24, 2.45) is 0 Å². The first-order valence-corrected chi connectivity index (χ1v) is 8.61. The number of hydrogen-bond acceptors (Lipinski definition) is 8. The molecule has 0 saturated carbocycles. The summed E-state index contributed by atoms with van der Waals surface area (Å²) in [5.74, 6) is 1.24. The van der Waals surface area contributed by atoms with Crippen LogP contribution in [0.3, 0.4) is 0 Å². The average molecular weight is 373 g/mol. The summed E-state index contributed by atoms with van der Waals surface area (Å²) in [6.45, 7) is 5.01. The van der Waals surface area contributed by atoms with Gasteiger partial charge >= 0.3 is 0 Å². The SMILES string of the molecule is CC(=O)CSc1nnc(-c2cc(-c3c(C)noc3C)cc([N+](=O)[O-])c2)[nH]1. The van der Waals surface area contributed by atoms with E-state index in [-0.39, 0.29) is 17.2 Å². The molecule has 9 nitrogen and oxygen atoms in total. The number of thioether (sulfide) groups is 1. The van der Waals surface area contributed by atoms with Crippen LogP contribution in [0.15, 0.2) is 27.9 Å². The number of nitro groups is 1. The van der Waals surface area contributed by atoms with Gasteiger partial charge in [-0.2, -0.15) is 0 Å². The monoisotopic (exact) mass is 373 g/mol. The van der Waals surface area contributed by atoms with E-state index in [0.29, 0.717) is 39.1 Å². The Hall–Kier alpha value is -3.01. The number of aromatic amines is 1. The van der Waals surface area contributed by atoms with Gasteiger partial charge in [-0.05, 0) is 32.4 Å². The fourth-order valence-electron chi connectivity index (χ4n) is 2.50. The third kappa shape index (κ3) is 3.64. The van der Waals surface area contributed by atoms with Gasteiger partial charge in [0, 0.05) is 23.3 Å². The van der Waals surface area contributed by atoms with Crippen LogP contribution >= 0.6 is 11.8 Å². The van der Waals surface area contributed by atoms with Gasteiger partial charge in [0.15, 0.2) is 11.0 Å². The fraction of sp³-hybridized carbons (Fsp3) is 0.250. The highest BCUT2D eigenvalue weighted by Crippen LogP contribution is 2.33. The molecule has 0 fully saturated rings. The molecule has 0 aliphatic carbocycles. The van der Waals surface area contributed by atoms with Gasteiger partial charge in [0.2, 0.25) is 0 Å². The lowest BCUT2D eigenvalue weighted by Crippen LogP contribution is -1.93. The molecule has 3 aromatic rings. The van der Waals surface area contributed by atoms with E-state index < -0.39 is 4.92 Å². The Balaban J connectivity index is 2.05. The minimum absolute atomic E-state index is 0.0176. The predicted octanol–water partition coefficient (Wildman–Crippen LogP) is 3.33. The van der Waals surface area contributed by atoms with Crippen molar-refractivity contribution in [1.29, 1.82) is 0 Å². The number of Topliss-reactive ketones (excluding diaryl/α,β-unsaturated/α-hetero) is 1. The van der Waals surface area contributed by atoms with E-state index in [9.17, 15) is 14.9 Å². The van der Waals surface area contributed by atoms with Crippen molar-refractivity contribution in [1.82, 2.24) is 20.3 Å². The largest absolute Gasteiger partial charge is 0.361 e. The number of nitro benzene ring substituents is 1. The number of benzene rings is 1. The van der Waals surface area contributed by atoms with Crippen molar-refractivity contribution >= 4 is 23.2 Å². The zero-order valence-electron chi connectivity index (χ0n) is 14.3. The number of aromatic nitrogens is 4. The maximum absolute atomic E-state index is 11.3. The maximum atomic E-state index is 11.3. The summed E-state index contributed by atoms with van der Waals surface area (Å²) in [6.07, 6.45) is 0. The molecule has 1 aromatic carbocycles. The molecule has 0 bridgehead atoms. The van der Waals surface area contributed by atoms with Gasteiger partial charge < -0.3 is 9.51 Å². The first-order valence-electron chi connectivity index (χ1n) is 7.63. The number of H-pyrrole nitrogens is 1. The van der Waals surface area contributed by atoms with Crippen molar-refractivity contribution in [3.8, 4) is 22.5 Å². The molecule has 3 rings (SSSR count). The van der Waals surface area contributed by atoms with Crippen LogP contribution in [-0.4, -0.2) is 36.8 Å². The molecule has 134 valence electrons. The van der Waals surface area contributed by atoms with Crippen molar-refractivity contribution in [2.45, 2.75) is 25.9 Å². The van der Waals surface area contributed by atoms with Crippen molar-refractivity contribution in [3.05, 3.63) is 39.8 Å². The van der Waals surface area contributed by atoms with E-state index in [1.807, 2.05) is 0 Å². The van der Waals surface area contributed by atoms with E-state index in [4.69, 9.17) is 4.52 Å². The molecule has 0 spiro atoms. The van der Waals surface area contributed by atoms with E-state index >= 15 is 0 Å². The van der Waals surface area contributed by atoms with Crippen LogP contribution in [0.2, 0.25) is 0 Å². The van der Waals surface area contributed by atoms with E-state index in [0.717, 1.165) is 0 Å². The Kier molecular flexibility index (Phi) is 4.85. The summed E-state index contributed by atoms with van der Waals surface area (Å²) in [5.41, 5.74) is 2.40. The van der Waals surface area contributed by atoms with Gasteiger partial charge in [-0.1, -0.05) is 16.9 Å². The molecule has 0 radical (unpaired) electrons. The third-order valence-corrected chi connectivity index (χ3v) is 4.61. The summed E-state index contributed by atoms with van der Waals surface area (Å²) in [4.78, 5) is 24.9. The normalized spacial score (nSPS) is 10.9. The molecule has 0 aliphatic heterocycles. The van der Waals surface area contributed by atoms with Crippen molar-refractivity contribution in [2.75, 3.05) is 5.75 Å². The van der Waals surface area contributed by atoms with Gasteiger partial charge in [-0.3, -0.25) is 14.9 Å². The van der Waals surface area contributed by atoms with Crippen LogP contribution in [0.4, 0.5) is 5.69 Å². The molecule has 1 N–H and O–H groups in total. The molecule has 2 heterocycles. The number of aryl methyl sites for hydroxylation is 2. The van der Waals surface area contributed by atoms with Gasteiger partial charge in [-0.25, -0.2) is 0 Å². The number of hydrogen-bond donors (Lipinski definition) is 1. The summed E-state index contributed by atoms with van der Waals surface area (Å²) in [5, 5.41) is 23.7. The summed E-state index contributed by atoms with van der Waals surface area (Å²) >= 11 is 1.22. The molecule has 10 heteroatoms. The van der Waals surface area contributed by atoms with Crippen LogP contribution in [0.25, 0.3) is 22.5 Å². The highest BCUT2D eigenvalue weighted by Gasteiger charge is 2.19. The predicted molar refractivity (Wildman–Crippen MR) is 94.8 cm³/mol.